The van der Waals surface area contributed by atoms with Crippen molar-refractivity contribution >= 4 is 11.9 Å². The lowest BCUT2D eigenvalue weighted by atomic mass is 9.59. The molecule has 0 aromatic rings. The fraction of sp³-hybridized carbons (Fsp3) is 0.875. The smallest absolute Gasteiger partial charge is 0.323 e. The highest BCUT2D eigenvalue weighted by Gasteiger charge is 2.69. The van der Waals surface area contributed by atoms with Crippen LogP contribution in [0.5, 0.6) is 0 Å². The highest BCUT2D eigenvalue weighted by atomic mass is 16.5. The molecule has 0 N–H and O–H groups in total. The quantitative estimate of drug-likeness (QED) is 0.577. The number of rotatable bonds is 2. The Hall–Kier alpha value is -1.06. The predicted octanol–water partition coefficient (Wildman–Crippen LogP) is 2.66. The third-order valence-electron chi connectivity index (χ3n) is 5.78. The van der Waals surface area contributed by atoms with Gasteiger partial charge in [-0.25, -0.2) is 0 Å². The average Bonchev–Trinajstić information content (AvgIpc) is 2.93. The Morgan fingerprint density at radius 3 is 1.90 bits per heavy atom. The number of hydrogen-bond donors (Lipinski definition) is 0. The van der Waals surface area contributed by atoms with E-state index in [1.807, 2.05) is 6.92 Å². The molecule has 4 heteroatoms. The maximum atomic E-state index is 12.4. The maximum Gasteiger partial charge on any atom is 0.323 e. The van der Waals surface area contributed by atoms with Crippen molar-refractivity contribution in [1.29, 1.82) is 0 Å². The third-order valence-corrected chi connectivity index (χ3v) is 5.78. The van der Waals surface area contributed by atoms with Crippen molar-refractivity contribution in [3.63, 3.8) is 0 Å². The van der Waals surface area contributed by atoms with Crippen molar-refractivity contribution < 1.29 is 19.1 Å². The van der Waals surface area contributed by atoms with Crippen LogP contribution in [0.1, 0.15) is 40.5 Å². The second-order valence-electron chi connectivity index (χ2n) is 7.45. The molecule has 4 unspecified atom stereocenters. The Balaban J connectivity index is 2.41. The van der Waals surface area contributed by atoms with E-state index in [1.54, 1.807) is 0 Å². The molecule has 20 heavy (non-hydrogen) atoms. The second kappa shape index (κ2) is 4.74. The Bertz CT molecular complexity index is 401. The summed E-state index contributed by atoms with van der Waals surface area (Å²) in [4.78, 5) is 24.7. The number of ether oxygens (including phenoxy) is 2. The molecule has 0 heterocycles. The molecule has 0 radical (unpaired) electrons. The lowest BCUT2D eigenvalue weighted by molar-refractivity contribution is -0.180. The Morgan fingerprint density at radius 2 is 1.55 bits per heavy atom. The van der Waals surface area contributed by atoms with Gasteiger partial charge in [-0.15, -0.1) is 0 Å². The van der Waals surface area contributed by atoms with Crippen molar-refractivity contribution in [2.75, 3.05) is 14.2 Å². The van der Waals surface area contributed by atoms with E-state index in [-0.39, 0.29) is 17.3 Å². The van der Waals surface area contributed by atoms with Gasteiger partial charge in [0.05, 0.1) is 14.2 Å². The van der Waals surface area contributed by atoms with Crippen LogP contribution in [-0.2, 0) is 19.1 Å². The van der Waals surface area contributed by atoms with Crippen LogP contribution in [0.2, 0.25) is 0 Å². The molecule has 2 saturated carbocycles. The molecular weight excluding hydrogens is 256 g/mol. The number of carbonyl (C=O) groups is 2. The topological polar surface area (TPSA) is 52.6 Å². The van der Waals surface area contributed by atoms with E-state index in [0.717, 1.165) is 12.8 Å². The molecular formula is C16H26O4. The zero-order valence-electron chi connectivity index (χ0n) is 13.4. The van der Waals surface area contributed by atoms with Gasteiger partial charge >= 0.3 is 11.9 Å². The summed E-state index contributed by atoms with van der Waals surface area (Å²) in [7, 11) is 2.71. The minimum atomic E-state index is -1.09. The standard InChI is InChI=1S/C16H26O4/c1-9-11-7-10(8-12(11)15(2,3)4)16(9,13(17)19-5)14(18)20-6/h9-12H,7-8H2,1-6H3. The van der Waals surface area contributed by atoms with Gasteiger partial charge in [0.25, 0.3) is 0 Å². The maximum absolute atomic E-state index is 12.4. The molecule has 114 valence electrons. The molecule has 0 aromatic carbocycles. The van der Waals surface area contributed by atoms with Gasteiger partial charge < -0.3 is 9.47 Å². The average molecular weight is 282 g/mol. The highest BCUT2D eigenvalue weighted by Crippen LogP contribution is 2.65. The van der Waals surface area contributed by atoms with Crippen LogP contribution in [0.4, 0.5) is 0 Å². The van der Waals surface area contributed by atoms with Gasteiger partial charge in [0.1, 0.15) is 0 Å². The SMILES string of the molecule is COC(=O)C1(C(=O)OC)C2CC(C(C(C)(C)C)C2)C1C. The number of fused-ring (bicyclic) bond motifs is 2. The first kappa shape index (κ1) is 15.3. The van der Waals surface area contributed by atoms with E-state index in [9.17, 15) is 9.59 Å². The molecule has 2 aliphatic rings. The molecule has 0 saturated heterocycles. The first-order valence-electron chi connectivity index (χ1n) is 7.38. The summed E-state index contributed by atoms with van der Waals surface area (Å²) in [5, 5.41) is 0. The van der Waals surface area contributed by atoms with E-state index in [1.165, 1.54) is 14.2 Å². The van der Waals surface area contributed by atoms with E-state index in [4.69, 9.17) is 9.47 Å². The van der Waals surface area contributed by atoms with Crippen LogP contribution in [0.25, 0.3) is 0 Å². The monoisotopic (exact) mass is 282 g/mol. The van der Waals surface area contributed by atoms with E-state index in [0.29, 0.717) is 11.8 Å². The van der Waals surface area contributed by atoms with Crippen LogP contribution < -0.4 is 0 Å². The summed E-state index contributed by atoms with van der Waals surface area (Å²) in [5.74, 6) is 0.119. The van der Waals surface area contributed by atoms with Crippen LogP contribution in [0.15, 0.2) is 0 Å². The van der Waals surface area contributed by atoms with Crippen molar-refractivity contribution in [3.05, 3.63) is 0 Å². The van der Waals surface area contributed by atoms with E-state index in [2.05, 4.69) is 20.8 Å². The molecule has 4 atom stereocenters. The van der Waals surface area contributed by atoms with Crippen LogP contribution >= 0.6 is 0 Å². The van der Waals surface area contributed by atoms with Gasteiger partial charge in [-0.05, 0) is 41.9 Å². The van der Waals surface area contributed by atoms with Gasteiger partial charge in [0, 0.05) is 0 Å². The van der Waals surface area contributed by atoms with E-state index >= 15 is 0 Å². The first-order valence-corrected chi connectivity index (χ1v) is 7.38. The molecule has 0 spiro atoms. The van der Waals surface area contributed by atoms with Gasteiger partial charge in [0.2, 0.25) is 0 Å². The third kappa shape index (κ3) is 1.80. The van der Waals surface area contributed by atoms with Gasteiger partial charge in [-0.3, -0.25) is 9.59 Å². The number of methoxy groups -OCH3 is 2. The van der Waals surface area contributed by atoms with Gasteiger partial charge in [-0.1, -0.05) is 27.7 Å². The summed E-state index contributed by atoms with van der Waals surface area (Å²) >= 11 is 0. The molecule has 0 amide bonds. The zero-order valence-corrected chi connectivity index (χ0v) is 13.4. The van der Waals surface area contributed by atoms with E-state index < -0.39 is 17.4 Å². The van der Waals surface area contributed by atoms with Crippen LogP contribution in [0.3, 0.4) is 0 Å². The lowest BCUT2D eigenvalue weighted by Gasteiger charge is -2.44. The molecule has 2 bridgehead atoms. The summed E-state index contributed by atoms with van der Waals surface area (Å²) < 4.78 is 9.93. The van der Waals surface area contributed by atoms with Crippen molar-refractivity contribution in [3.8, 4) is 0 Å². The van der Waals surface area contributed by atoms with Gasteiger partial charge in [0.15, 0.2) is 5.41 Å². The molecule has 2 rings (SSSR count). The van der Waals surface area contributed by atoms with Crippen LogP contribution in [0, 0.1) is 34.5 Å². The minimum Gasteiger partial charge on any atom is -0.468 e. The molecule has 2 aliphatic carbocycles. The Kier molecular flexibility index (Phi) is 3.64. The summed E-state index contributed by atoms with van der Waals surface area (Å²) in [5.41, 5.74) is -0.887. The number of carbonyl (C=O) groups excluding carboxylic acids is 2. The summed E-state index contributed by atoms with van der Waals surface area (Å²) in [6.45, 7) is 8.73. The Labute approximate surface area is 121 Å². The van der Waals surface area contributed by atoms with Crippen molar-refractivity contribution in [2.45, 2.75) is 40.5 Å². The van der Waals surface area contributed by atoms with Gasteiger partial charge in [-0.2, -0.15) is 0 Å². The molecule has 0 aromatic heterocycles. The first-order chi connectivity index (χ1) is 9.21. The zero-order chi connectivity index (χ0) is 15.3. The van der Waals surface area contributed by atoms with Crippen LogP contribution in [-0.4, -0.2) is 26.2 Å². The minimum absolute atomic E-state index is 0.0228. The fourth-order valence-corrected chi connectivity index (χ4v) is 4.83. The largest absolute Gasteiger partial charge is 0.468 e. The number of hydrogen-bond acceptors (Lipinski definition) is 4. The predicted molar refractivity (Wildman–Crippen MR) is 74.8 cm³/mol. The summed E-state index contributed by atoms with van der Waals surface area (Å²) in [6.07, 6.45) is 1.83. The lowest BCUT2D eigenvalue weighted by Crippen LogP contribution is -2.52. The Morgan fingerprint density at radius 1 is 1.05 bits per heavy atom. The van der Waals surface area contributed by atoms with Crippen molar-refractivity contribution in [1.82, 2.24) is 0 Å². The molecule has 4 nitrogen and oxygen atoms in total. The normalized spacial score (nSPS) is 34.9. The van der Waals surface area contributed by atoms with Crippen molar-refractivity contribution in [2.24, 2.45) is 34.5 Å². The molecule has 2 fully saturated rings. The fourth-order valence-electron chi connectivity index (χ4n) is 4.83. The number of esters is 2. The second-order valence-corrected chi connectivity index (χ2v) is 7.45. The summed E-state index contributed by atoms with van der Waals surface area (Å²) in [6, 6.07) is 0. The molecule has 0 aliphatic heterocycles. The highest BCUT2D eigenvalue weighted by molar-refractivity contribution is 6.01.